The van der Waals surface area contributed by atoms with Gasteiger partial charge in [0, 0.05) is 37.3 Å². The van der Waals surface area contributed by atoms with Crippen LogP contribution in [0.4, 0.5) is 5.95 Å². The molecule has 6 heteroatoms. The second-order valence-corrected chi connectivity index (χ2v) is 5.04. The van der Waals surface area contributed by atoms with E-state index in [1.807, 2.05) is 24.3 Å². The maximum absolute atomic E-state index is 12.1. The molecule has 3 rings (SSSR count). The molecule has 0 spiro atoms. The summed E-state index contributed by atoms with van der Waals surface area (Å²) in [6, 6.07) is 9.59. The first kappa shape index (κ1) is 14.3. The molecule has 1 amide bonds. The SMILES string of the molecule is O=C(CCNc1ncccn1)N[C@H]1CCOc2ccccc21. The van der Waals surface area contributed by atoms with Crippen LogP contribution in [0.15, 0.2) is 42.7 Å². The van der Waals surface area contributed by atoms with Gasteiger partial charge in [0.25, 0.3) is 0 Å². The number of hydrogen-bond donors (Lipinski definition) is 2. The van der Waals surface area contributed by atoms with E-state index in [4.69, 9.17) is 4.74 Å². The Morgan fingerprint density at radius 3 is 2.91 bits per heavy atom. The Kier molecular flexibility index (Phi) is 4.48. The van der Waals surface area contributed by atoms with Gasteiger partial charge in [0.2, 0.25) is 11.9 Å². The van der Waals surface area contributed by atoms with Crippen LogP contribution in [0, 0.1) is 0 Å². The molecule has 0 aliphatic carbocycles. The fourth-order valence-corrected chi connectivity index (χ4v) is 2.44. The van der Waals surface area contributed by atoms with E-state index in [0.29, 0.717) is 25.5 Å². The molecular weight excluding hydrogens is 280 g/mol. The summed E-state index contributed by atoms with van der Waals surface area (Å²) >= 11 is 0. The molecule has 1 aromatic heterocycles. The van der Waals surface area contributed by atoms with Gasteiger partial charge in [-0.25, -0.2) is 9.97 Å². The van der Waals surface area contributed by atoms with Gasteiger partial charge in [0.05, 0.1) is 12.6 Å². The summed E-state index contributed by atoms with van der Waals surface area (Å²) in [5.74, 6) is 1.40. The van der Waals surface area contributed by atoms with Crippen LogP contribution in [0.1, 0.15) is 24.4 Å². The third-order valence-corrected chi connectivity index (χ3v) is 3.49. The van der Waals surface area contributed by atoms with Crippen molar-refractivity contribution in [3.05, 3.63) is 48.3 Å². The largest absolute Gasteiger partial charge is 0.493 e. The monoisotopic (exact) mass is 298 g/mol. The second kappa shape index (κ2) is 6.89. The number of carbonyl (C=O) groups is 1. The molecule has 0 unspecified atom stereocenters. The molecule has 0 fully saturated rings. The third-order valence-electron chi connectivity index (χ3n) is 3.49. The van der Waals surface area contributed by atoms with Crippen LogP contribution in [-0.4, -0.2) is 29.0 Å². The maximum atomic E-state index is 12.1. The zero-order valence-electron chi connectivity index (χ0n) is 12.2. The van der Waals surface area contributed by atoms with Crippen molar-refractivity contribution in [2.75, 3.05) is 18.5 Å². The number of nitrogens with one attached hydrogen (secondary N) is 2. The quantitative estimate of drug-likeness (QED) is 0.882. The molecule has 1 aromatic carbocycles. The molecule has 2 aromatic rings. The van der Waals surface area contributed by atoms with Crippen LogP contribution < -0.4 is 15.4 Å². The fourth-order valence-electron chi connectivity index (χ4n) is 2.44. The normalized spacial score (nSPS) is 16.3. The Bertz CT molecular complexity index is 633. The van der Waals surface area contributed by atoms with Crippen molar-refractivity contribution in [1.82, 2.24) is 15.3 Å². The average molecular weight is 298 g/mol. The molecule has 0 saturated carbocycles. The van der Waals surface area contributed by atoms with Crippen molar-refractivity contribution in [1.29, 1.82) is 0 Å². The van der Waals surface area contributed by atoms with E-state index in [1.54, 1.807) is 18.5 Å². The van der Waals surface area contributed by atoms with Crippen molar-refractivity contribution in [2.45, 2.75) is 18.9 Å². The van der Waals surface area contributed by atoms with Gasteiger partial charge in [0.1, 0.15) is 5.75 Å². The van der Waals surface area contributed by atoms with Gasteiger partial charge < -0.3 is 15.4 Å². The van der Waals surface area contributed by atoms with Gasteiger partial charge in [0.15, 0.2) is 0 Å². The third kappa shape index (κ3) is 3.52. The Hall–Kier alpha value is -2.63. The molecular formula is C16H18N4O2. The number of fused-ring (bicyclic) bond motifs is 1. The maximum Gasteiger partial charge on any atom is 0.222 e. The van der Waals surface area contributed by atoms with E-state index in [-0.39, 0.29) is 11.9 Å². The Labute approximate surface area is 128 Å². The minimum atomic E-state index is 0.00475. The zero-order valence-corrected chi connectivity index (χ0v) is 12.2. The number of hydrogen-bond acceptors (Lipinski definition) is 5. The molecule has 2 N–H and O–H groups in total. The smallest absolute Gasteiger partial charge is 0.222 e. The Balaban J connectivity index is 1.50. The molecule has 0 radical (unpaired) electrons. The second-order valence-electron chi connectivity index (χ2n) is 5.04. The summed E-state index contributed by atoms with van der Waals surface area (Å²) in [5, 5.41) is 6.09. The van der Waals surface area contributed by atoms with E-state index in [2.05, 4.69) is 20.6 Å². The summed E-state index contributed by atoms with van der Waals surface area (Å²) in [5.41, 5.74) is 1.04. The topological polar surface area (TPSA) is 76.1 Å². The van der Waals surface area contributed by atoms with Crippen molar-refractivity contribution in [3.8, 4) is 5.75 Å². The minimum Gasteiger partial charge on any atom is -0.493 e. The molecule has 2 heterocycles. The molecule has 0 saturated heterocycles. The van der Waals surface area contributed by atoms with Gasteiger partial charge in [-0.3, -0.25) is 4.79 Å². The van der Waals surface area contributed by atoms with E-state index in [0.717, 1.165) is 17.7 Å². The number of para-hydroxylation sites is 1. The predicted octanol–water partition coefficient (Wildman–Crippen LogP) is 1.92. The van der Waals surface area contributed by atoms with Gasteiger partial charge in [-0.05, 0) is 12.1 Å². The summed E-state index contributed by atoms with van der Waals surface area (Å²) < 4.78 is 5.59. The van der Waals surface area contributed by atoms with Crippen LogP contribution >= 0.6 is 0 Å². The highest BCUT2D eigenvalue weighted by Crippen LogP contribution is 2.31. The lowest BCUT2D eigenvalue weighted by Gasteiger charge is -2.26. The van der Waals surface area contributed by atoms with Gasteiger partial charge in [-0.2, -0.15) is 0 Å². The van der Waals surface area contributed by atoms with Crippen LogP contribution in [0.3, 0.4) is 0 Å². The standard InChI is InChI=1S/C16H18N4O2/c21-15(6-10-19-16-17-8-3-9-18-16)20-13-7-11-22-14-5-2-1-4-12(13)14/h1-5,8-9,13H,6-7,10-11H2,(H,20,21)(H,17,18,19)/t13-/m0/s1. The molecule has 114 valence electrons. The number of anilines is 1. The molecule has 1 aliphatic heterocycles. The highest BCUT2D eigenvalue weighted by atomic mass is 16.5. The van der Waals surface area contributed by atoms with E-state index in [1.165, 1.54) is 0 Å². The van der Waals surface area contributed by atoms with Crippen molar-refractivity contribution in [2.24, 2.45) is 0 Å². The predicted molar refractivity (Wildman–Crippen MR) is 82.6 cm³/mol. The van der Waals surface area contributed by atoms with Crippen LogP contribution in [0.2, 0.25) is 0 Å². The van der Waals surface area contributed by atoms with Crippen molar-refractivity contribution < 1.29 is 9.53 Å². The Morgan fingerprint density at radius 2 is 2.05 bits per heavy atom. The minimum absolute atomic E-state index is 0.00475. The van der Waals surface area contributed by atoms with Crippen LogP contribution in [-0.2, 0) is 4.79 Å². The average Bonchev–Trinajstić information content (AvgIpc) is 2.56. The lowest BCUT2D eigenvalue weighted by atomic mass is 10.0. The number of benzene rings is 1. The van der Waals surface area contributed by atoms with Gasteiger partial charge in [-0.15, -0.1) is 0 Å². The number of amides is 1. The van der Waals surface area contributed by atoms with Crippen LogP contribution in [0.5, 0.6) is 5.75 Å². The van der Waals surface area contributed by atoms with Gasteiger partial charge >= 0.3 is 0 Å². The molecule has 6 nitrogen and oxygen atoms in total. The zero-order chi connectivity index (χ0) is 15.2. The molecule has 1 aliphatic rings. The summed E-state index contributed by atoms with van der Waals surface area (Å²) in [7, 11) is 0. The van der Waals surface area contributed by atoms with Crippen molar-refractivity contribution >= 4 is 11.9 Å². The summed E-state index contributed by atoms with van der Waals surface area (Å²) in [6.45, 7) is 1.12. The highest BCUT2D eigenvalue weighted by molar-refractivity contribution is 5.77. The number of ether oxygens (including phenoxy) is 1. The number of rotatable bonds is 5. The van der Waals surface area contributed by atoms with E-state index < -0.39 is 0 Å². The van der Waals surface area contributed by atoms with Gasteiger partial charge in [-0.1, -0.05) is 18.2 Å². The highest BCUT2D eigenvalue weighted by Gasteiger charge is 2.22. The summed E-state index contributed by atoms with van der Waals surface area (Å²) in [4.78, 5) is 20.2. The number of aromatic nitrogens is 2. The first-order valence-corrected chi connectivity index (χ1v) is 7.35. The lowest BCUT2D eigenvalue weighted by molar-refractivity contribution is -0.121. The summed E-state index contributed by atoms with van der Waals surface area (Å²) in [6.07, 6.45) is 4.48. The first-order valence-electron chi connectivity index (χ1n) is 7.35. The van der Waals surface area contributed by atoms with Crippen LogP contribution in [0.25, 0.3) is 0 Å². The molecule has 1 atom stereocenters. The van der Waals surface area contributed by atoms with Crippen molar-refractivity contribution in [3.63, 3.8) is 0 Å². The lowest BCUT2D eigenvalue weighted by Crippen LogP contribution is -2.33. The van der Waals surface area contributed by atoms with E-state index >= 15 is 0 Å². The first-order chi connectivity index (χ1) is 10.8. The molecule has 0 bridgehead atoms. The Morgan fingerprint density at radius 1 is 1.23 bits per heavy atom. The molecule has 22 heavy (non-hydrogen) atoms. The van der Waals surface area contributed by atoms with E-state index in [9.17, 15) is 4.79 Å². The fraction of sp³-hybridized carbons (Fsp3) is 0.312. The number of carbonyl (C=O) groups excluding carboxylic acids is 1. The number of nitrogens with zero attached hydrogens (tertiary/aromatic N) is 2.